The smallest absolute Gasteiger partial charge is 0.335 e. The van der Waals surface area contributed by atoms with Crippen molar-refractivity contribution in [3.63, 3.8) is 0 Å². The maximum Gasteiger partial charge on any atom is 0.335 e. The molecule has 2 aromatic carbocycles. The van der Waals surface area contributed by atoms with Crippen molar-refractivity contribution in [3.8, 4) is 11.5 Å². The second-order valence-electron chi connectivity index (χ2n) is 6.66. The van der Waals surface area contributed by atoms with Gasteiger partial charge < -0.3 is 24.8 Å². The summed E-state index contributed by atoms with van der Waals surface area (Å²) in [4.78, 5) is 37.3. The monoisotopic (exact) mass is 382 g/mol. The highest BCUT2D eigenvalue weighted by atomic mass is 16.7. The van der Waals surface area contributed by atoms with Gasteiger partial charge in [-0.2, -0.15) is 0 Å². The van der Waals surface area contributed by atoms with E-state index in [1.807, 2.05) is 0 Å². The van der Waals surface area contributed by atoms with Gasteiger partial charge in [-0.25, -0.2) is 4.79 Å². The lowest BCUT2D eigenvalue weighted by molar-refractivity contribution is -0.126. The summed E-state index contributed by atoms with van der Waals surface area (Å²) >= 11 is 0. The van der Waals surface area contributed by atoms with Gasteiger partial charge in [-0.1, -0.05) is 12.1 Å². The SMILES string of the molecule is O=C(O)c1ccc(CNC(=O)C2CC(=O)N(c3ccc4c(c3)OCO4)C2)cc1. The van der Waals surface area contributed by atoms with Gasteiger partial charge in [0.25, 0.3) is 0 Å². The van der Waals surface area contributed by atoms with Gasteiger partial charge in [-0.3, -0.25) is 9.59 Å². The Hall–Kier alpha value is -3.55. The normalized spacial score (nSPS) is 17.6. The van der Waals surface area contributed by atoms with Gasteiger partial charge in [0.15, 0.2) is 11.5 Å². The third-order valence-corrected chi connectivity index (χ3v) is 4.83. The summed E-state index contributed by atoms with van der Waals surface area (Å²) in [6.45, 7) is 0.723. The number of rotatable bonds is 5. The Kier molecular flexibility index (Phi) is 4.60. The van der Waals surface area contributed by atoms with E-state index in [0.717, 1.165) is 5.56 Å². The molecule has 2 aliphatic rings. The maximum atomic E-state index is 12.5. The first-order chi connectivity index (χ1) is 13.5. The molecule has 0 radical (unpaired) electrons. The number of aromatic carboxylic acids is 1. The summed E-state index contributed by atoms with van der Waals surface area (Å²) in [6.07, 6.45) is 0.137. The highest BCUT2D eigenvalue weighted by Gasteiger charge is 2.35. The lowest BCUT2D eigenvalue weighted by Gasteiger charge is -2.17. The first-order valence-electron chi connectivity index (χ1n) is 8.81. The van der Waals surface area contributed by atoms with E-state index in [0.29, 0.717) is 23.7 Å². The van der Waals surface area contributed by atoms with E-state index in [1.165, 1.54) is 12.1 Å². The molecule has 1 fully saturated rings. The molecule has 0 aliphatic carbocycles. The minimum absolute atomic E-state index is 0.121. The minimum atomic E-state index is -0.997. The number of carboxylic acid groups (broad SMARTS) is 1. The third kappa shape index (κ3) is 3.48. The van der Waals surface area contributed by atoms with E-state index >= 15 is 0 Å². The van der Waals surface area contributed by atoms with Crippen molar-refractivity contribution < 1.29 is 29.0 Å². The fourth-order valence-electron chi connectivity index (χ4n) is 3.28. The summed E-state index contributed by atoms with van der Waals surface area (Å²) in [5.41, 5.74) is 1.65. The molecule has 2 amide bonds. The molecule has 28 heavy (non-hydrogen) atoms. The number of nitrogens with one attached hydrogen (secondary N) is 1. The largest absolute Gasteiger partial charge is 0.478 e. The van der Waals surface area contributed by atoms with Crippen LogP contribution in [0.15, 0.2) is 42.5 Å². The number of amides is 2. The maximum absolute atomic E-state index is 12.5. The quantitative estimate of drug-likeness (QED) is 0.817. The van der Waals surface area contributed by atoms with E-state index in [1.54, 1.807) is 35.2 Å². The predicted octanol–water partition coefficient (Wildman–Crippen LogP) is 1.78. The number of carbonyl (C=O) groups excluding carboxylic acids is 2. The zero-order valence-electron chi connectivity index (χ0n) is 14.9. The molecule has 2 aliphatic heterocycles. The van der Waals surface area contributed by atoms with E-state index in [-0.39, 0.29) is 37.1 Å². The van der Waals surface area contributed by atoms with Gasteiger partial charge in [0.05, 0.1) is 11.5 Å². The van der Waals surface area contributed by atoms with Crippen molar-refractivity contribution in [1.29, 1.82) is 0 Å². The number of carbonyl (C=O) groups is 3. The molecule has 144 valence electrons. The Labute approximate surface area is 160 Å². The molecule has 2 aromatic rings. The molecular formula is C20H18N2O6. The molecule has 0 aromatic heterocycles. The molecule has 8 nitrogen and oxygen atoms in total. The zero-order valence-corrected chi connectivity index (χ0v) is 14.9. The van der Waals surface area contributed by atoms with Crippen LogP contribution in [0.2, 0.25) is 0 Å². The summed E-state index contributed by atoms with van der Waals surface area (Å²) in [5.74, 6) is -0.551. The van der Waals surface area contributed by atoms with Gasteiger partial charge in [0, 0.05) is 31.3 Å². The highest BCUT2D eigenvalue weighted by Crippen LogP contribution is 2.37. The van der Waals surface area contributed by atoms with Crippen LogP contribution in [-0.4, -0.2) is 36.2 Å². The van der Waals surface area contributed by atoms with Crippen molar-refractivity contribution in [2.45, 2.75) is 13.0 Å². The Morgan fingerprint density at radius 3 is 2.61 bits per heavy atom. The summed E-state index contributed by atoms with van der Waals surface area (Å²) < 4.78 is 10.6. The lowest BCUT2D eigenvalue weighted by Crippen LogP contribution is -2.32. The van der Waals surface area contributed by atoms with Crippen molar-refractivity contribution in [2.24, 2.45) is 5.92 Å². The molecule has 1 unspecified atom stereocenters. The van der Waals surface area contributed by atoms with Crippen LogP contribution in [0.4, 0.5) is 5.69 Å². The number of carboxylic acids is 1. The van der Waals surface area contributed by atoms with E-state index in [9.17, 15) is 14.4 Å². The number of fused-ring (bicyclic) bond motifs is 1. The van der Waals surface area contributed by atoms with Crippen LogP contribution in [0.1, 0.15) is 22.3 Å². The molecule has 0 spiro atoms. The van der Waals surface area contributed by atoms with Crippen molar-refractivity contribution >= 4 is 23.5 Å². The minimum Gasteiger partial charge on any atom is -0.478 e. The number of benzene rings is 2. The van der Waals surface area contributed by atoms with Crippen LogP contribution in [-0.2, 0) is 16.1 Å². The van der Waals surface area contributed by atoms with Gasteiger partial charge in [-0.15, -0.1) is 0 Å². The first kappa shape index (κ1) is 17.8. The standard InChI is InChI=1S/C20H18N2O6/c23-18-7-14(10-22(18)15-5-6-16-17(8-15)28-11-27-16)19(24)21-9-12-1-3-13(4-2-12)20(25)26/h1-6,8,14H,7,9-11H2,(H,21,24)(H,25,26). The van der Waals surface area contributed by atoms with E-state index < -0.39 is 11.9 Å². The van der Waals surface area contributed by atoms with E-state index in [2.05, 4.69) is 5.32 Å². The molecule has 0 bridgehead atoms. The average molecular weight is 382 g/mol. The molecule has 4 rings (SSSR count). The van der Waals surface area contributed by atoms with Crippen LogP contribution < -0.4 is 19.7 Å². The van der Waals surface area contributed by atoms with Crippen LogP contribution in [0, 0.1) is 5.92 Å². The lowest BCUT2D eigenvalue weighted by atomic mass is 10.1. The van der Waals surface area contributed by atoms with Gasteiger partial charge in [0.2, 0.25) is 18.6 Å². The Bertz CT molecular complexity index is 940. The average Bonchev–Trinajstić information content (AvgIpc) is 3.32. The molecule has 2 N–H and O–H groups in total. The highest BCUT2D eigenvalue weighted by molar-refractivity contribution is 6.00. The van der Waals surface area contributed by atoms with Crippen molar-refractivity contribution in [1.82, 2.24) is 5.32 Å². The number of ether oxygens (including phenoxy) is 2. The zero-order chi connectivity index (χ0) is 19.7. The fraction of sp³-hybridized carbons (Fsp3) is 0.250. The van der Waals surface area contributed by atoms with Crippen LogP contribution in [0.5, 0.6) is 11.5 Å². The van der Waals surface area contributed by atoms with Gasteiger partial charge in [-0.05, 0) is 29.8 Å². The topological polar surface area (TPSA) is 105 Å². The Morgan fingerprint density at radius 2 is 1.86 bits per heavy atom. The van der Waals surface area contributed by atoms with Gasteiger partial charge in [0.1, 0.15) is 0 Å². The number of hydrogen-bond acceptors (Lipinski definition) is 5. The van der Waals surface area contributed by atoms with Gasteiger partial charge >= 0.3 is 5.97 Å². The fourth-order valence-corrected chi connectivity index (χ4v) is 3.28. The summed E-state index contributed by atoms with van der Waals surface area (Å²) in [6, 6.07) is 11.6. The number of hydrogen-bond donors (Lipinski definition) is 2. The summed E-state index contributed by atoms with van der Waals surface area (Å²) in [7, 11) is 0. The molecule has 1 atom stereocenters. The van der Waals surface area contributed by atoms with Crippen molar-refractivity contribution in [2.75, 3.05) is 18.2 Å². The molecule has 8 heteroatoms. The Balaban J connectivity index is 1.36. The first-order valence-corrected chi connectivity index (χ1v) is 8.81. The molecular weight excluding hydrogens is 364 g/mol. The second kappa shape index (κ2) is 7.22. The number of nitrogens with zero attached hydrogens (tertiary/aromatic N) is 1. The summed E-state index contributed by atoms with van der Waals surface area (Å²) in [5, 5.41) is 11.7. The molecule has 0 saturated carbocycles. The predicted molar refractivity (Wildman–Crippen MR) is 98.3 cm³/mol. The second-order valence-corrected chi connectivity index (χ2v) is 6.66. The van der Waals surface area contributed by atoms with Crippen LogP contribution in [0.3, 0.4) is 0 Å². The van der Waals surface area contributed by atoms with Crippen LogP contribution >= 0.6 is 0 Å². The third-order valence-electron chi connectivity index (χ3n) is 4.83. The Morgan fingerprint density at radius 1 is 1.11 bits per heavy atom. The van der Waals surface area contributed by atoms with Crippen molar-refractivity contribution in [3.05, 3.63) is 53.6 Å². The van der Waals surface area contributed by atoms with E-state index in [4.69, 9.17) is 14.6 Å². The molecule has 1 saturated heterocycles. The molecule has 2 heterocycles. The van der Waals surface area contributed by atoms with Crippen LogP contribution in [0.25, 0.3) is 0 Å². The number of anilines is 1.